The maximum absolute atomic E-state index is 12.2. The second-order valence-electron chi connectivity index (χ2n) is 2.62. The van der Waals surface area contributed by atoms with E-state index in [0.29, 0.717) is 0 Å². The summed E-state index contributed by atoms with van der Waals surface area (Å²) in [5.74, 6) is 0. The molecule has 2 nitrogen and oxygen atoms in total. The van der Waals surface area contributed by atoms with Crippen LogP contribution in [0.2, 0.25) is 0 Å². The van der Waals surface area contributed by atoms with Gasteiger partial charge in [0.25, 0.3) is 9.84 Å². The van der Waals surface area contributed by atoms with Gasteiger partial charge in [-0.2, -0.15) is 13.2 Å². The lowest BCUT2D eigenvalue weighted by Crippen LogP contribution is -2.24. The van der Waals surface area contributed by atoms with Gasteiger partial charge < -0.3 is 9.07 Å². The summed E-state index contributed by atoms with van der Waals surface area (Å²) in [6, 6.07) is 2.62. The molecule has 8 heteroatoms. The maximum Gasteiger partial charge on any atom is 0.538 e. The highest BCUT2D eigenvalue weighted by atomic mass is 35.5. The van der Waals surface area contributed by atoms with E-state index in [1.165, 1.54) is 6.07 Å². The summed E-state index contributed by atoms with van der Waals surface area (Å²) in [4.78, 5) is -1.04. The van der Waals surface area contributed by atoms with Crippen molar-refractivity contribution < 1.29 is 23.0 Å². The fourth-order valence-electron chi connectivity index (χ4n) is 0.853. The zero-order valence-electron chi connectivity index (χ0n) is 8.18. The average Bonchev–Trinajstić information content (AvgIpc) is 2.16. The van der Waals surface area contributed by atoms with Crippen molar-refractivity contribution in [3.63, 3.8) is 0 Å². The Morgan fingerprint density at radius 2 is 2.00 bits per heavy atom. The average molecular weight is 270 g/mol. The molecule has 0 fully saturated rings. The van der Waals surface area contributed by atoms with Crippen LogP contribution in [-0.2, 0) is 9.84 Å². The molecule has 1 rings (SSSR count). The third-order valence-corrected chi connectivity index (χ3v) is 4.56. The summed E-state index contributed by atoms with van der Waals surface area (Å²) < 4.78 is 66.4. The van der Waals surface area contributed by atoms with Crippen LogP contribution >= 0.6 is 9.07 Å². The van der Waals surface area contributed by atoms with Crippen LogP contribution in [0, 0.1) is 0 Å². The van der Waals surface area contributed by atoms with E-state index >= 15 is 0 Å². The molecule has 0 saturated heterocycles. The summed E-state index contributed by atoms with van der Waals surface area (Å²) in [7, 11) is 0.0477. The van der Waals surface area contributed by atoms with Crippen molar-refractivity contribution in [2.24, 2.45) is 0 Å². The lowest BCUT2D eigenvalue weighted by molar-refractivity contribution is -0.0435. The van der Waals surface area contributed by atoms with Gasteiger partial charge in [0.2, 0.25) is 0 Å². The Morgan fingerprint density at radius 1 is 1.40 bits per heavy atom. The van der Waals surface area contributed by atoms with Gasteiger partial charge in [0.1, 0.15) is 0 Å². The van der Waals surface area contributed by atoms with E-state index in [1.807, 2.05) is 0 Å². The van der Waals surface area contributed by atoms with E-state index < -0.39 is 45.5 Å². The predicted octanol–water partition coefficient (Wildman–Crippen LogP) is 1.46. The van der Waals surface area contributed by atoms with Gasteiger partial charge in [-0.25, -0.2) is 8.42 Å². The molecule has 0 aliphatic carbocycles. The molecule has 0 saturated carbocycles. The van der Waals surface area contributed by atoms with Crippen LogP contribution in [0.1, 0.15) is 1.37 Å². The van der Waals surface area contributed by atoms with Gasteiger partial charge in [-0.3, -0.25) is 0 Å². The molecule has 1 aromatic carbocycles. The molecule has 80 valence electrons. The van der Waals surface area contributed by atoms with E-state index in [2.05, 4.69) is 0 Å². The standard InChI is InChI=1S/C7H4F3O2S.ClH.Mg/c8-7(9,10)13(11,12)6-4-2-1-3-5-6;;/h1-2,4-5H;1H;/q;;+1/p-1/i5D;;. The molecule has 0 bridgehead atoms. The Labute approximate surface area is 99.2 Å². The number of hydrogen-bond acceptors (Lipinski definition) is 2. The Balaban J connectivity index is 3.47. The number of sulfone groups is 1. The first-order valence-electron chi connectivity index (χ1n) is 4.17. The number of hydrogen-bond donors (Lipinski definition) is 0. The molecule has 0 atom stereocenters. The Hall–Kier alpha value is 0.0162. The normalized spacial score (nSPS) is 13.2. The molecule has 0 N–H and O–H groups in total. The molecule has 0 unspecified atom stereocenters. The van der Waals surface area contributed by atoms with Crippen LogP contribution in [0.25, 0.3) is 0 Å². The molecule has 0 spiro atoms. The third kappa shape index (κ3) is 2.77. The molecule has 1 aromatic rings. The van der Waals surface area contributed by atoms with E-state index in [9.17, 15) is 21.6 Å². The molecule has 0 aromatic heterocycles. The van der Waals surface area contributed by atoms with Gasteiger partial charge >= 0.3 is 24.8 Å². The summed E-state index contributed by atoms with van der Waals surface area (Å²) in [5, 5.41) is 0. The molecule has 0 radical (unpaired) electrons. The van der Waals surface area contributed by atoms with Crippen molar-refractivity contribution in [3.8, 4) is 0 Å². The van der Waals surface area contributed by atoms with Crippen LogP contribution in [0.15, 0.2) is 29.1 Å². The first-order valence-corrected chi connectivity index (χ1v) is 8.00. The minimum atomic E-state index is -5.46. The van der Waals surface area contributed by atoms with Crippen molar-refractivity contribution in [2.75, 3.05) is 0 Å². The van der Waals surface area contributed by atoms with Gasteiger partial charge in [0, 0.05) is 0 Å². The highest BCUT2D eigenvalue weighted by Crippen LogP contribution is 2.29. The molecular formula is C7H4ClF3MgO2S. The van der Waals surface area contributed by atoms with Gasteiger partial charge in [-0.15, -0.1) is 3.69 Å². The van der Waals surface area contributed by atoms with Crippen LogP contribution in [-0.4, -0.2) is 33.2 Å². The number of alkyl halides is 3. The first-order chi connectivity index (χ1) is 7.21. The quantitative estimate of drug-likeness (QED) is 0.762. The van der Waals surface area contributed by atoms with Crippen molar-refractivity contribution >= 4 is 41.9 Å². The number of rotatable bonds is 2. The molecular weight excluding hydrogens is 265 g/mol. The summed E-state index contributed by atoms with van der Waals surface area (Å²) in [6.07, 6.45) is 0. The lowest BCUT2D eigenvalue weighted by Gasteiger charge is -2.08. The van der Waals surface area contributed by atoms with E-state index in [4.69, 9.17) is 10.4 Å². The zero-order chi connectivity index (χ0) is 12.6. The first kappa shape index (κ1) is 11.5. The maximum atomic E-state index is 12.2. The fourth-order valence-corrected chi connectivity index (χ4v) is 2.70. The minimum Gasteiger partial charge on any atom is -0.336 e. The summed E-state index contributed by atoms with van der Waals surface area (Å²) in [6.45, 7) is 0. The van der Waals surface area contributed by atoms with Gasteiger partial charge in [0.15, 0.2) is 0 Å². The van der Waals surface area contributed by atoms with Crippen LogP contribution in [0.5, 0.6) is 0 Å². The van der Waals surface area contributed by atoms with Gasteiger partial charge in [-0.05, 0) is 6.07 Å². The highest BCUT2D eigenvalue weighted by Gasteiger charge is 2.46. The largest absolute Gasteiger partial charge is 0.538 e. The van der Waals surface area contributed by atoms with E-state index in [0.717, 1.165) is 12.1 Å². The molecule has 15 heavy (non-hydrogen) atoms. The van der Waals surface area contributed by atoms with E-state index in [-0.39, 0.29) is 3.69 Å². The molecule has 0 amide bonds. The SMILES string of the molecule is [2H]c1[c]([Mg][Cl])cccc1S(=O)(=O)C(F)(F)F. The molecule has 0 aliphatic rings. The zero-order valence-corrected chi connectivity index (χ0v) is 10.2. The van der Waals surface area contributed by atoms with E-state index in [1.54, 1.807) is 0 Å². The second kappa shape index (κ2) is 4.48. The molecule has 0 heterocycles. The summed E-state index contributed by atoms with van der Waals surface area (Å²) in [5.41, 5.74) is -5.39. The topological polar surface area (TPSA) is 34.1 Å². The highest BCUT2D eigenvalue weighted by molar-refractivity contribution is 7.92. The van der Waals surface area contributed by atoms with Gasteiger partial charge in [-0.1, -0.05) is 18.2 Å². The Bertz CT molecular complexity index is 503. The Kier molecular flexibility index (Phi) is 3.44. The Morgan fingerprint density at radius 3 is 2.47 bits per heavy atom. The minimum absolute atomic E-state index is 0.173. The van der Waals surface area contributed by atoms with Crippen molar-refractivity contribution in [1.82, 2.24) is 0 Å². The van der Waals surface area contributed by atoms with Crippen LogP contribution in [0.4, 0.5) is 13.2 Å². The second-order valence-corrected chi connectivity index (χ2v) is 6.36. The van der Waals surface area contributed by atoms with Crippen molar-refractivity contribution in [1.29, 1.82) is 0 Å². The smallest absolute Gasteiger partial charge is 0.336 e. The number of benzene rings is 1. The van der Waals surface area contributed by atoms with Crippen LogP contribution < -0.4 is 3.69 Å². The monoisotopic (exact) mass is 269 g/mol. The van der Waals surface area contributed by atoms with Crippen molar-refractivity contribution in [2.45, 2.75) is 10.4 Å². The summed E-state index contributed by atoms with van der Waals surface area (Å²) >= 11 is -1.41. The van der Waals surface area contributed by atoms with Crippen molar-refractivity contribution in [3.05, 3.63) is 24.2 Å². The lowest BCUT2D eigenvalue weighted by atomic mass is 10.4. The van der Waals surface area contributed by atoms with Gasteiger partial charge in [0.05, 0.1) is 6.27 Å². The van der Waals surface area contributed by atoms with Crippen LogP contribution in [0.3, 0.4) is 0 Å². The molecule has 0 aliphatic heterocycles. The third-order valence-electron chi connectivity index (χ3n) is 1.57. The number of halogens is 4. The predicted molar refractivity (Wildman–Crippen MR) is 50.9 cm³/mol. The fraction of sp³-hybridized carbons (Fsp3) is 0.143.